The lowest BCUT2D eigenvalue weighted by Gasteiger charge is -2.06. The third kappa shape index (κ3) is 10.1. The van der Waals surface area contributed by atoms with Gasteiger partial charge in [0.1, 0.15) is 0 Å². The number of hydrogen-bond donors (Lipinski definition) is 1. The summed E-state index contributed by atoms with van der Waals surface area (Å²) in [4.78, 5) is 8.84. The molecule has 0 aliphatic heterocycles. The van der Waals surface area contributed by atoms with E-state index in [1.807, 2.05) is 0 Å². The van der Waals surface area contributed by atoms with Gasteiger partial charge in [0.15, 0.2) is 0 Å². The van der Waals surface area contributed by atoms with Gasteiger partial charge in [-0.1, -0.05) is 12.2 Å². The maximum Gasteiger partial charge on any atom is 0.330 e. The van der Waals surface area contributed by atoms with Gasteiger partial charge in [-0.2, -0.15) is 0 Å². The zero-order valence-electron chi connectivity index (χ0n) is 6.10. The zero-order chi connectivity index (χ0) is 7.82. The van der Waals surface area contributed by atoms with Gasteiger partial charge < -0.3 is 13.9 Å². The van der Waals surface area contributed by atoms with Crippen molar-refractivity contribution in [3.63, 3.8) is 0 Å². The van der Waals surface area contributed by atoms with Gasteiger partial charge in [-0.25, -0.2) is 0 Å². The van der Waals surface area contributed by atoms with E-state index in [0.29, 0.717) is 13.2 Å². The van der Waals surface area contributed by atoms with Crippen molar-refractivity contribution in [1.82, 2.24) is 0 Å². The second-order valence-corrected chi connectivity index (χ2v) is 2.40. The Labute approximate surface area is 74.1 Å². The largest absolute Gasteiger partial charge is 0.330 e. The van der Waals surface area contributed by atoms with E-state index in [2.05, 4.69) is 13.2 Å². The maximum absolute atomic E-state index is 8.84. The quantitative estimate of drug-likeness (QED) is 0.524. The smallest absolute Gasteiger partial charge is 0.328 e. The van der Waals surface area contributed by atoms with E-state index in [0.717, 1.165) is 0 Å². The molecule has 0 aromatic heterocycles. The Morgan fingerprint density at radius 1 is 1.18 bits per heavy atom. The Bertz CT molecular complexity index is 98.0. The second kappa shape index (κ2) is 10.1. The van der Waals surface area contributed by atoms with E-state index in [1.165, 1.54) is 0 Å². The first-order valence-corrected chi connectivity index (χ1v) is 3.91. The lowest BCUT2D eigenvalue weighted by molar-refractivity contribution is 0.232. The average Bonchev–Trinajstić information content (AvgIpc) is 1.97. The SMILES string of the molecule is C=CCOP(O)OCC=C.Cl. The molecule has 0 spiro atoms. The Hall–Kier alpha value is 0.0800. The van der Waals surface area contributed by atoms with Crippen molar-refractivity contribution in [3.8, 4) is 0 Å². The molecular formula is C6H12ClO3P. The highest BCUT2D eigenvalue weighted by molar-refractivity contribution is 7.40. The molecule has 0 heterocycles. The topological polar surface area (TPSA) is 38.7 Å². The van der Waals surface area contributed by atoms with E-state index in [9.17, 15) is 0 Å². The Morgan fingerprint density at radius 2 is 1.55 bits per heavy atom. The highest BCUT2D eigenvalue weighted by atomic mass is 35.5. The lowest BCUT2D eigenvalue weighted by atomic mass is 10.7. The number of hydrogen-bond acceptors (Lipinski definition) is 3. The third-order valence-electron chi connectivity index (χ3n) is 0.606. The molecule has 0 aromatic carbocycles. The van der Waals surface area contributed by atoms with Gasteiger partial charge in [0, 0.05) is 0 Å². The summed E-state index contributed by atoms with van der Waals surface area (Å²) in [5.74, 6) is 0. The third-order valence-corrected chi connectivity index (χ3v) is 1.35. The first-order chi connectivity index (χ1) is 4.81. The summed E-state index contributed by atoms with van der Waals surface area (Å²) in [5.41, 5.74) is 0. The maximum atomic E-state index is 8.84. The van der Waals surface area contributed by atoms with Crippen molar-refractivity contribution in [1.29, 1.82) is 0 Å². The van der Waals surface area contributed by atoms with Gasteiger partial charge >= 0.3 is 8.60 Å². The van der Waals surface area contributed by atoms with Gasteiger partial charge in [-0.05, 0) is 0 Å². The van der Waals surface area contributed by atoms with E-state index < -0.39 is 8.60 Å². The Morgan fingerprint density at radius 3 is 1.82 bits per heavy atom. The van der Waals surface area contributed by atoms with Crippen LogP contribution in [0.15, 0.2) is 25.3 Å². The minimum atomic E-state index is -1.73. The van der Waals surface area contributed by atoms with Crippen molar-refractivity contribution < 1.29 is 13.9 Å². The van der Waals surface area contributed by atoms with Crippen molar-refractivity contribution in [2.45, 2.75) is 0 Å². The van der Waals surface area contributed by atoms with Crippen LogP contribution in [-0.2, 0) is 9.05 Å². The summed E-state index contributed by atoms with van der Waals surface area (Å²) in [6.07, 6.45) is 3.09. The minimum absolute atomic E-state index is 0. The van der Waals surface area contributed by atoms with Crippen molar-refractivity contribution in [2.24, 2.45) is 0 Å². The van der Waals surface area contributed by atoms with Crippen LogP contribution < -0.4 is 0 Å². The first-order valence-electron chi connectivity index (χ1n) is 2.78. The van der Waals surface area contributed by atoms with Crippen molar-refractivity contribution in [2.75, 3.05) is 13.2 Å². The average molecular weight is 199 g/mol. The minimum Gasteiger partial charge on any atom is -0.328 e. The summed E-state index contributed by atoms with van der Waals surface area (Å²) in [6.45, 7) is 7.43. The van der Waals surface area contributed by atoms with Gasteiger partial charge in [0.05, 0.1) is 13.2 Å². The summed E-state index contributed by atoms with van der Waals surface area (Å²) in [6, 6.07) is 0. The molecular weight excluding hydrogens is 186 g/mol. The van der Waals surface area contributed by atoms with Crippen LogP contribution in [0.5, 0.6) is 0 Å². The molecule has 0 saturated heterocycles. The molecule has 0 bridgehead atoms. The van der Waals surface area contributed by atoms with E-state index >= 15 is 0 Å². The molecule has 0 amide bonds. The van der Waals surface area contributed by atoms with Crippen LogP contribution in [0, 0.1) is 0 Å². The molecule has 0 aliphatic carbocycles. The summed E-state index contributed by atoms with van der Waals surface area (Å²) in [7, 11) is -1.73. The summed E-state index contributed by atoms with van der Waals surface area (Å²) in [5, 5.41) is 0. The van der Waals surface area contributed by atoms with Gasteiger partial charge in [-0.3, -0.25) is 0 Å². The Kier molecular flexibility index (Phi) is 12.5. The molecule has 11 heavy (non-hydrogen) atoms. The summed E-state index contributed by atoms with van der Waals surface area (Å²) < 4.78 is 9.45. The fourth-order valence-electron chi connectivity index (χ4n) is 0.270. The van der Waals surface area contributed by atoms with Crippen LogP contribution in [0.3, 0.4) is 0 Å². The van der Waals surface area contributed by atoms with Crippen LogP contribution in [0.4, 0.5) is 0 Å². The van der Waals surface area contributed by atoms with Crippen LogP contribution >= 0.6 is 21.0 Å². The predicted molar refractivity (Wildman–Crippen MR) is 48.7 cm³/mol. The second-order valence-electron chi connectivity index (χ2n) is 1.41. The molecule has 5 heteroatoms. The fraction of sp³-hybridized carbons (Fsp3) is 0.333. The number of halogens is 1. The van der Waals surface area contributed by atoms with Crippen LogP contribution in [-0.4, -0.2) is 18.1 Å². The van der Waals surface area contributed by atoms with E-state index in [-0.39, 0.29) is 12.4 Å². The van der Waals surface area contributed by atoms with E-state index in [1.54, 1.807) is 12.2 Å². The first kappa shape index (κ1) is 13.7. The fourth-order valence-corrected chi connectivity index (χ4v) is 0.811. The molecule has 0 rings (SSSR count). The monoisotopic (exact) mass is 198 g/mol. The van der Waals surface area contributed by atoms with Crippen molar-refractivity contribution >= 4 is 21.0 Å². The molecule has 0 aromatic rings. The van der Waals surface area contributed by atoms with E-state index in [4.69, 9.17) is 13.9 Å². The number of rotatable bonds is 6. The molecule has 66 valence electrons. The van der Waals surface area contributed by atoms with Gasteiger partial charge in [0.2, 0.25) is 0 Å². The summed E-state index contributed by atoms with van der Waals surface area (Å²) >= 11 is 0. The predicted octanol–water partition coefficient (Wildman–Crippen LogP) is 2.03. The molecule has 0 fully saturated rings. The standard InChI is InChI=1S/C6H11O3P.ClH/c1-3-5-8-10(7)9-6-4-2;/h3-4,7H,1-2,5-6H2;1H. The highest BCUT2D eigenvalue weighted by Crippen LogP contribution is 2.31. The molecule has 0 atom stereocenters. The molecule has 0 unspecified atom stereocenters. The molecule has 0 aliphatic rings. The lowest BCUT2D eigenvalue weighted by Crippen LogP contribution is -1.89. The normalized spacial score (nSPS) is 8.91. The Balaban J connectivity index is 0. The zero-order valence-corrected chi connectivity index (χ0v) is 7.81. The molecule has 0 saturated carbocycles. The molecule has 0 radical (unpaired) electrons. The van der Waals surface area contributed by atoms with Crippen molar-refractivity contribution in [3.05, 3.63) is 25.3 Å². The van der Waals surface area contributed by atoms with Crippen LogP contribution in [0.2, 0.25) is 0 Å². The van der Waals surface area contributed by atoms with Crippen LogP contribution in [0.1, 0.15) is 0 Å². The highest BCUT2D eigenvalue weighted by Gasteiger charge is 2.01. The van der Waals surface area contributed by atoms with Crippen LogP contribution in [0.25, 0.3) is 0 Å². The van der Waals surface area contributed by atoms with Gasteiger partial charge in [-0.15, -0.1) is 25.6 Å². The molecule has 1 N–H and O–H groups in total. The molecule has 3 nitrogen and oxygen atoms in total. The van der Waals surface area contributed by atoms with Gasteiger partial charge in [0.25, 0.3) is 0 Å².